The first-order valence-corrected chi connectivity index (χ1v) is 9.36. The first kappa shape index (κ1) is 18.8. The topological polar surface area (TPSA) is 137 Å². The van der Waals surface area contributed by atoms with Crippen molar-refractivity contribution in [3.63, 3.8) is 0 Å². The van der Waals surface area contributed by atoms with Crippen LogP contribution >= 0.6 is 0 Å². The van der Waals surface area contributed by atoms with Crippen molar-refractivity contribution in [2.24, 2.45) is 0 Å². The van der Waals surface area contributed by atoms with Crippen molar-refractivity contribution in [1.29, 1.82) is 0 Å². The second-order valence-corrected chi connectivity index (χ2v) is 7.90. The van der Waals surface area contributed by atoms with Gasteiger partial charge in [-0.1, -0.05) is 0 Å². The Morgan fingerprint density at radius 1 is 1.07 bits per heavy atom. The van der Waals surface area contributed by atoms with Crippen LogP contribution in [0, 0.1) is 0 Å². The van der Waals surface area contributed by atoms with Crippen LogP contribution in [-0.4, -0.2) is 56.5 Å². The summed E-state index contributed by atoms with van der Waals surface area (Å²) in [6.07, 6.45) is 0. The van der Waals surface area contributed by atoms with Crippen molar-refractivity contribution in [3.05, 3.63) is 34.6 Å². The number of aromatic amines is 1. The van der Waals surface area contributed by atoms with Gasteiger partial charge in [-0.05, 0) is 18.2 Å². The van der Waals surface area contributed by atoms with Crippen molar-refractivity contribution in [2.75, 3.05) is 38.0 Å². The minimum absolute atomic E-state index is 0.0122. The summed E-state index contributed by atoms with van der Waals surface area (Å²) in [7, 11) is 3.28. The van der Waals surface area contributed by atoms with Crippen LogP contribution in [0.5, 0.6) is 0 Å². The molecule has 2 aromatic heterocycles. The summed E-state index contributed by atoms with van der Waals surface area (Å²) in [5.74, 6) is 0.462. The predicted molar refractivity (Wildman–Crippen MR) is 99.3 cm³/mol. The van der Waals surface area contributed by atoms with E-state index in [1.54, 1.807) is 38.0 Å². The van der Waals surface area contributed by atoms with Gasteiger partial charge < -0.3 is 14.2 Å². The number of sulfonamides is 1. The summed E-state index contributed by atoms with van der Waals surface area (Å²) in [4.78, 5) is 29.8. The van der Waals surface area contributed by atoms with Crippen molar-refractivity contribution in [1.82, 2.24) is 24.7 Å². The standard InChI is InChI=1S/C15H19N7O4S/c1-21(2)13-18-12(19-14(20-13)22(3)4)8-16-27(24,25)9-5-6-11-10(7-9)17-15(23)26-11/h5-7,16H,8H2,1-4H3,(H,17,23). The Morgan fingerprint density at radius 2 is 1.70 bits per heavy atom. The maximum absolute atomic E-state index is 12.6. The molecular formula is C15H19N7O4S. The summed E-state index contributed by atoms with van der Waals surface area (Å²) in [6, 6.07) is 4.09. The number of hydrogen-bond donors (Lipinski definition) is 2. The predicted octanol–water partition coefficient (Wildman–Crippen LogP) is -0.0834. The molecular weight excluding hydrogens is 374 g/mol. The van der Waals surface area contributed by atoms with Gasteiger partial charge in [0.15, 0.2) is 11.4 Å². The summed E-state index contributed by atoms with van der Waals surface area (Å²) in [6.45, 7) is -0.119. The number of nitrogens with zero attached hydrogens (tertiary/aromatic N) is 5. The Hall–Kier alpha value is -2.99. The lowest BCUT2D eigenvalue weighted by Crippen LogP contribution is -2.26. The lowest BCUT2D eigenvalue weighted by atomic mass is 10.3. The Kier molecular flexibility index (Phi) is 4.85. The van der Waals surface area contributed by atoms with E-state index < -0.39 is 15.8 Å². The largest absolute Gasteiger partial charge is 0.417 e. The number of aromatic nitrogens is 4. The smallest absolute Gasteiger partial charge is 0.408 e. The van der Waals surface area contributed by atoms with Gasteiger partial charge in [0.05, 0.1) is 17.0 Å². The van der Waals surface area contributed by atoms with Gasteiger partial charge in [-0.2, -0.15) is 15.0 Å². The number of anilines is 2. The molecule has 0 aliphatic rings. The molecule has 3 aromatic rings. The molecule has 2 heterocycles. The molecule has 0 fully saturated rings. The first-order valence-electron chi connectivity index (χ1n) is 7.88. The third-order valence-electron chi connectivity index (χ3n) is 3.58. The van der Waals surface area contributed by atoms with E-state index in [0.717, 1.165) is 0 Å². The summed E-state index contributed by atoms with van der Waals surface area (Å²) < 4.78 is 32.5. The van der Waals surface area contributed by atoms with Gasteiger partial charge in [0.2, 0.25) is 21.9 Å². The number of rotatable bonds is 6. The summed E-state index contributed by atoms with van der Waals surface area (Å²) in [5.41, 5.74) is 0.579. The Morgan fingerprint density at radius 3 is 2.30 bits per heavy atom. The van der Waals surface area contributed by atoms with Crippen LogP contribution in [0.1, 0.15) is 5.82 Å². The second-order valence-electron chi connectivity index (χ2n) is 6.14. The zero-order chi connectivity index (χ0) is 19.8. The number of oxazole rings is 1. The molecule has 12 heteroatoms. The normalized spacial score (nSPS) is 11.7. The molecule has 2 N–H and O–H groups in total. The molecule has 27 heavy (non-hydrogen) atoms. The fourth-order valence-corrected chi connectivity index (χ4v) is 3.22. The molecule has 0 amide bonds. The number of hydrogen-bond acceptors (Lipinski definition) is 9. The van der Waals surface area contributed by atoms with Crippen molar-refractivity contribution < 1.29 is 12.8 Å². The van der Waals surface area contributed by atoms with E-state index in [1.165, 1.54) is 18.2 Å². The zero-order valence-corrected chi connectivity index (χ0v) is 16.0. The van der Waals surface area contributed by atoms with Gasteiger partial charge >= 0.3 is 5.76 Å². The number of nitrogens with one attached hydrogen (secondary N) is 2. The average Bonchev–Trinajstić information content (AvgIpc) is 2.98. The second kappa shape index (κ2) is 6.96. The Balaban J connectivity index is 1.86. The van der Waals surface area contributed by atoms with E-state index in [-0.39, 0.29) is 22.8 Å². The van der Waals surface area contributed by atoms with Crippen LogP contribution in [0.25, 0.3) is 11.1 Å². The van der Waals surface area contributed by atoms with Crippen LogP contribution in [0.15, 0.2) is 32.3 Å². The van der Waals surface area contributed by atoms with Crippen LogP contribution < -0.4 is 20.3 Å². The number of fused-ring (bicyclic) bond motifs is 1. The fraction of sp³-hybridized carbons (Fsp3) is 0.333. The van der Waals surface area contributed by atoms with E-state index in [9.17, 15) is 13.2 Å². The van der Waals surface area contributed by atoms with Gasteiger partial charge in [0, 0.05) is 28.2 Å². The van der Waals surface area contributed by atoms with Gasteiger partial charge in [-0.15, -0.1) is 0 Å². The quantitative estimate of drug-likeness (QED) is 0.589. The molecule has 144 valence electrons. The average molecular weight is 393 g/mol. The molecule has 0 aliphatic heterocycles. The maximum atomic E-state index is 12.6. The third kappa shape index (κ3) is 4.06. The molecule has 0 bridgehead atoms. The van der Waals surface area contributed by atoms with Gasteiger partial charge in [-0.25, -0.2) is 17.9 Å². The highest BCUT2D eigenvalue weighted by Gasteiger charge is 2.17. The number of H-pyrrole nitrogens is 1. The van der Waals surface area contributed by atoms with Crippen molar-refractivity contribution >= 4 is 33.0 Å². The van der Waals surface area contributed by atoms with Crippen LogP contribution in [-0.2, 0) is 16.6 Å². The number of benzene rings is 1. The molecule has 0 aliphatic carbocycles. The lowest BCUT2D eigenvalue weighted by Gasteiger charge is -2.16. The lowest BCUT2D eigenvalue weighted by molar-refractivity contribution is 0.555. The third-order valence-corrected chi connectivity index (χ3v) is 4.98. The molecule has 0 spiro atoms. The van der Waals surface area contributed by atoms with Crippen molar-refractivity contribution in [3.8, 4) is 0 Å². The molecule has 0 atom stereocenters. The van der Waals surface area contributed by atoms with Crippen molar-refractivity contribution in [2.45, 2.75) is 11.4 Å². The summed E-state index contributed by atoms with van der Waals surface area (Å²) in [5, 5.41) is 0. The monoisotopic (exact) mass is 393 g/mol. The van der Waals surface area contributed by atoms with Crippen LogP contribution in [0.4, 0.5) is 11.9 Å². The minimum atomic E-state index is -3.85. The SMILES string of the molecule is CN(C)c1nc(CNS(=O)(=O)c2ccc3oc(=O)[nH]c3c2)nc(N(C)C)n1. The fourth-order valence-electron chi connectivity index (χ4n) is 2.22. The highest BCUT2D eigenvalue weighted by atomic mass is 32.2. The van der Waals surface area contributed by atoms with E-state index in [1.807, 2.05) is 0 Å². The molecule has 0 saturated carbocycles. The van der Waals surface area contributed by atoms with E-state index in [4.69, 9.17) is 4.42 Å². The molecule has 11 nitrogen and oxygen atoms in total. The highest BCUT2D eigenvalue weighted by molar-refractivity contribution is 7.89. The van der Waals surface area contributed by atoms with Gasteiger partial charge in [0.25, 0.3) is 0 Å². The molecule has 0 saturated heterocycles. The van der Waals surface area contributed by atoms with E-state index >= 15 is 0 Å². The molecule has 0 radical (unpaired) electrons. The minimum Gasteiger partial charge on any atom is -0.408 e. The van der Waals surface area contributed by atoms with Crippen LogP contribution in [0.2, 0.25) is 0 Å². The van der Waals surface area contributed by atoms with Gasteiger partial charge in [0.1, 0.15) is 0 Å². The molecule has 1 aromatic carbocycles. The van der Waals surface area contributed by atoms with E-state index in [0.29, 0.717) is 17.4 Å². The maximum Gasteiger partial charge on any atom is 0.417 e. The summed E-state index contributed by atoms with van der Waals surface area (Å²) >= 11 is 0. The zero-order valence-electron chi connectivity index (χ0n) is 15.2. The highest BCUT2D eigenvalue weighted by Crippen LogP contribution is 2.17. The molecule has 3 rings (SSSR count). The first-order chi connectivity index (χ1) is 12.7. The van der Waals surface area contributed by atoms with Crippen LogP contribution in [0.3, 0.4) is 0 Å². The molecule has 0 unspecified atom stereocenters. The Labute approximate surface area is 155 Å². The Bertz CT molecular complexity index is 1110. The van der Waals surface area contributed by atoms with Gasteiger partial charge in [-0.3, -0.25) is 4.98 Å². The van der Waals surface area contributed by atoms with E-state index in [2.05, 4.69) is 24.7 Å².